The maximum absolute atomic E-state index is 13.8. The second kappa shape index (κ2) is 11.6. The van der Waals surface area contributed by atoms with Gasteiger partial charge in [0.25, 0.3) is 5.91 Å². The van der Waals surface area contributed by atoms with Gasteiger partial charge >= 0.3 is 0 Å². The molecule has 4 heterocycles. The van der Waals surface area contributed by atoms with E-state index in [-0.39, 0.29) is 10.8 Å². The van der Waals surface area contributed by atoms with Gasteiger partial charge in [-0.15, -0.1) is 5.10 Å². The number of benzene rings is 1. The van der Waals surface area contributed by atoms with E-state index in [1.807, 2.05) is 18.9 Å². The van der Waals surface area contributed by atoms with Crippen molar-refractivity contribution in [1.82, 2.24) is 44.9 Å². The van der Waals surface area contributed by atoms with Crippen molar-refractivity contribution in [2.75, 3.05) is 59.6 Å². The number of hydrogen-bond donors (Lipinski definition) is 2. The third-order valence-electron chi connectivity index (χ3n) is 7.36. The van der Waals surface area contributed by atoms with Crippen molar-refractivity contribution in [3.05, 3.63) is 40.9 Å². The fourth-order valence-electron chi connectivity index (χ4n) is 5.54. The summed E-state index contributed by atoms with van der Waals surface area (Å²) in [5, 5.41) is 17.0. The summed E-state index contributed by atoms with van der Waals surface area (Å²) in [4.78, 5) is 19.6. The number of carbonyl (C=O) groups excluding carboxylic acids is 1. The van der Waals surface area contributed by atoms with Crippen molar-refractivity contribution in [2.45, 2.75) is 44.2 Å². The molecule has 3 aliphatic heterocycles. The molecule has 0 bridgehead atoms. The maximum atomic E-state index is 13.8. The van der Waals surface area contributed by atoms with Crippen LogP contribution in [0.5, 0.6) is 5.75 Å². The number of likely N-dealkylation sites (N-methyl/N-ethyl adjacent to an activating group) is 1. The predicted molar refractivity (Wildman–Crippen MR) is 143 cm³/mol. The lowest BCUT2D eigenvalue weighted by Crippen LogP contribution is -2.48. The number of amides is 1. The van der Waals surface area contributed by atoms with Gasteiger partial charge in [-0.25, -0.2) is 13.5 Å². The van der Waals surface area contributed by atoms with Crippen molar-refractivity contribution >= 4 is 15.9 Å². The van der Waals surface area contributed by atoms with E-state index in [2.05, 4.69) is 42.7 Å². The highest BCUT2D eigenvalue weighted by atomic mass is 32.2. The smallest absolute Gasteiger partial charge is 0.268 e. The van der Waals surface area contributed by atoms with E-state index in [4.69, 9.17) is 4.74 Å². The van der Waals surface area contributed by atoms with E-state index in [0.717, 1.165) is 25.0 Å². The van der Waals surface area contributed by atoms with Crippen LogP contribution in [0.3, 0.4) is 0 Å². The minimum atomic E-state index is -3.76. The minimum absolute atomic E-state index is 0.138. The molecule has 2 N–H and O–H groups in total. The fraction of sp³-hybridized carbons (Fsp3) is 0.600. The van der Waals surface area contributed by atoms with Crippen molar-refractivity contribution < 1.29 is 17.9 Å². The standard InChI is InChI=1S/C25H37N9O4S/c1-4-8-33-15-20-23(26-25(35)24(20)31(3)17-33)19-14-18(6-7-21(19)38-13-5-2)39(36,37)34-11-9-32(10-12-34)16-22-27-29-30-28-22/h6-7,14,23H,4-5,8-13,15-17H2,1-3H3,(H,26,35)(H,27,28,29,30). The Labute approximate surface area is 229 Å². The molecule has 5 rings (SSSR count). The number of tetrazole rings is 1. The Balaban J connectivity index is 1.41. The van der Waals surface area contributed by atoms with Gasteiger partial charge in [-0.3, -0.25) is 14.6 Å². The Bertz CT molecular complexity index is 1310. The molecule has 1 amide bonds. The fourth-order valence-corrected chi connectivity index (χ4v) is 7.00. The summed E-state index contributed by atoms with van der Waals surface area (Å²) in [5.74, 6) is 1.11. The van der Waals surface area contributed by atoms with Crippen molar-refractivity contribution in [3.63, 3.8) is 0 Å². The van der Waals surface area contributed by atoms with Gasteiger partial charge < -0.3 is 15.0 Å². The molecular weight excluding hydrogens is 522 g/mol. The van der Waals surface area contributed by atoms with Gasteiger partial charge in [-0.05, 0) is 53.6 Å². The zero-order chi connectivity index (χ0) is 27.6. The van der Waals surface area contributed by atoms with Crippen LogP contribution >= 0.6 is 0 Å². The Hall–Kier alpha value is -3.07. The van der Waals surface area contributed by atoms with Crippen LogP contribution in [-0.4, -0.2) is 114 Å². The molecule has 0 saturated carbocycles. The molecule has 0 radical (unpaired) electrons. The number of aromatic nitrogens is 4. The van der Waals surface area contributed by atoms with Gasteiger partial charge in [0.15, 0.2) is 5.82 Å². The first-order valence-electron chi connectivity index (χ1n) is 13.5. The van der Waals surface area contributed by atoms with E-state index >= 15 is 0 Å². The lowest BCUT2D eigenvalue weighted by molar-refractivity contribution is -0.118. The van der Waals surface area contributed by atoms with Crippen LogP contribution in [-0.2, 0) is 21.4 Å². The summed E-state index contributed by atoms with van der Waals surface area (Å²) in [6.45, 7) is 9.28. The molecule has 1 atom stereocenters. The number of nitrogens with zero attached hydrogens (tertiary/aromatic N) is 7. The van der Waals surface area contributed by atoms with Crippen LogP contribution < -0.4 is 10.1 Å². The SMILES string of the molecule is CCCOc1ccc(S(=O)(=O)N2CCN(Cc3nnn[nH]3)CC2)cc1C1NC(=O)C2=C1CN(CCC)CN2C. The zero-order valence-electron chi connectivity index (χ0n) is 22.8. The van der Waals surface area contributed by atoms with Gasteiger partial charge in [0.05, 0.1) is 30.8 Å². The summed E-state index contributed by atoms with van der Waals surface area (Å²) in [6, 6.07) is 4.57. The molecule has 39 heavy (non-hydrogen) atoms. The zero-order valence-corrected chi connectivity index (χ0v) is 23.6. The number of piperazine rings is 1. The molecule has 1 saturated heterocycles. The summed E-state index contributed by atoms with van der Waals surface area (Å²) >= 11 is 0. The van der Waals surface area contributed by atoms with Gasteiger partial charge in [0.1, 0.15) is 11.4 Å². The number of carbonyl (C=O) groups is 1. The minimum Gasteiger partial charge on any atom is -0.493 e. The first-order chi connectivity index (χ1) is 18.8. The van der Waals surface area contributed by atoms with E-state index in [1.165, 1.54) is 4.31 Å². The van der Waals surface area contributed by atoms with Crippen LogP contribution in [0.2, 0.25) is 0 Å². The third kappa shape index (κ3) is 5.64. The molecule has 3 aliphatic rings. The maximum Gasteiger partial charge on any atom is 0.268 e. The molecule has 212 valence electrons. The highest BCUT2D eigenvalue weighted by Crippen LogP contribution is 2.40. The Morgan fingerprint density at radius 1 is 1.10 bits per heavy atom. The summed E-state index contributed by atoms with van der Waals surface area (Å²) in [5.41, 5.74) is 2.29. The molecule has 0 aliphatic carbocycles. The van der Waals surface area contributed by atoms with E-state index < -0.39 is 16.1 Å². The lowest BCUT2D eigenvalue weighted by Gasteiger charge is -2.35. The average molecular weight is 560 g/mol. The predicted octanol–water partition coefficient (Wildman–Crippen LogP) is 0.535. The Morgan fingerprint density at radius 2 is 1.90 bits per heavy atom. The Kier molecular flexibility index (Phi) is 8.16. The molecule has 1 fully saturated rings. The summed E-state index contributed by atoms with van der Waals surface area (Å²) in [7, 11) is -1.83. The first-order valence-corrected chi connectivity index (χ1v) is 14.9. The Morgan fingerprint density at radius 3 is 2.59 bits per heavy atom. The molecular formula is C25H37N9O4S. The monoisotopic (exact) mass is 559 g/mol. The molecule has 1 unspecified atom stereocenters. The van der Waals surface area contributed by atoms with E-state index in [0.29, 0.717) is 75.4 Å². The van der Waals surface area contributed by atoms with Crippen LogP contribution in [0.25, 0.3) is 0 Å². The largest absolute Gasteiger partial charge is 0.493 e. The van der Waals surface area contributed by atoms with Crippen molar-refractivity contribution in [1.29, 1.82) is 0 Å². The highest BCUT2D eigenvalue weighted by molar-refractivity contribution is 7.89. The topological polar surface area (TPSA) is 140 Å². The van der Waals surface area contributed by atoms with E-state index in [1.54, 1.807) is 18.2 Å². The summed E-state index contributed by atoms with van der Waals surface area (Å²) in [6.07, 6.45) is 1.82. The summed E-state index contributed by atoms with van der Waals surface area (Å²) < 4.78 is 35.1. The van der Waals surface area contributed by atoms with Gasteiger partial charge in [0.2, 0.25) is 10.0 Å². The number of sulfonamides is 1. The van der Waals surface area contributed by atoms with Crippen molar-refractivity contribution in [3.8, 4) is 5.75 Å². The van der Waals surface area contributed by atoms with Gasteiger partial charge in [-0.2, -0.15) is 4.31 Å². The molecule has 1 aromatic carbocycles. The lowest BCUT2D eigenvalue weighted by atomic mass is 9.97. The van der Waals surface area contributed by atoms with Crippen LogP contribution in [0.1, 0.15) is 44.1 Å². The number of hydrogen-bond acceptors (Lipinski definition) is 10. The number of ether oxygens (including phenoxy) is 1. The van der Waals surface area contributed by atoms with Crippen LogP contribution in [0.4, 0.5) is 0 Å². The van der Waals surface area contributed by atoms with Crippen LogP contribution in [0, 0.1) is 0 Å². The average Bonchev–Trinajstić information content (AvgIpc) is 3.55. The highest BCUT2D eigenvalue weighted by Gasteiger charge is 2.40. The second-order valence-corrected chi connectivity index (χ2v) is 12.2. The van der Waals surface area contributed by atoms with Crippen LogP contribution in [0.15, 0.2) is 34.4 Å². The van der Waals surface area contributed by atoms with E-state index in [9.17, 15) is 13.2 Å². The number of nitrogens with one attached hydrogen (secondary N) is 2. The number of rotatable bonds is 10. The molecule has 14 heteroatoms. The quantitative estimate of drug-likeness (QED) is 0.424. The molecule has 2 aromatic rings. The molecule has 1 aromatic heterocycles. The first kappa shape index (κ1) is 27.5. The normalized spacial score (nSPS) is 21.4. The molecule has 0 spiro atoms. The number of H-pyrrole nitrogens is 1. The number of aromatic amines is 1. The van der Waals surface area contributed by atoms with Gasteiger partial charge in [0, 0.05) is 45.3 Å². The molecule has 13 nitrogen and oxygen atoms in total. The van der Waals surface area contributed by atoms with Crippen molar-refractivity contribution in [2.24, 2.45) is 0 Å². The third-order valence-corrected chi connectivity index (χ3v) is 9.25. The second-order valence-electron chi connectivity index (χ2n) is 10.2. The van der Waals surface area contributed by atoms with Gasteiger partial charge in [-0.1, -0.05) is 13.8 Å².